The highest BCUT2D eigenvalue weighted by Crippen LogP contribution is 2.15. The van der Waals surface area contributed by atoms with Gasteiger partial charge in [0.2, 0.25) is 0 Å². The number of aromatic nitrogens is 2. The maximum atomic E-state index is 13.0. The first-order chi connectivity index (χ1) is 10.1. The van der Waals surface area contributed by atoms with Crippen LogP contribution in [0.1, 0.15) is 23.0 Å². The van der Waals surface area contributed by atoms with E-state index in [0.29, 0.717) is 17.9 Å². The maximum Gasteiger partial charge on any atom is 0.271 e. The molecule has 2 N–H and O–H groups in total. The van der Waals surface area contributed by atoms with Crippen molar-refractivity contribution in [2.75, 3.05) is 11.9 Å². The lowest BCUT2D eigenvalue weighted by Crippen LogP contribution is -2.24. The summed E-state index contributed by atoms with van der Waals surface area (Å²) in [6.45, 7) is 2.84. The summed E-state index contributed by atoms with van der Waals surface area (Å²) in [4.78, 5) is 20.1. The van der Waals surface area contributed by atoms with Crippen LogP contribution in [0, 0.1) is 5.82 Å². The molecule has 21 heavy (non-hydrogen) atoms. The van der Waals surface area contributed by atoms with Crippen LogP contribution in [0.5, 0.6) is 0 Å². The minimum Gasteiger partial charge on any atom is -0.369 e. The molecule has 0 unspecified atom stereocenters. The normalized spacial score (nSPS) is 10.2. The van der Waals surface area contributed by atoms with Gasteiger partial charge >= 0.3 is 0 Å². The van der Waals surface area contributed by atoms with Crippen molar-refractivity contribution in [1.29, 1.82) is 0 Å². The van der Waals surface area contributed by atoms with Crippen molar-refractivity contribution in [3.63, 3.8) is 0 Å². The first kappa shape index (κ1) is 15.2. The summed E-state index contributed by atoms with van der Waals surface area (Å²) in [5.74, 6) is -0.311. The predicted molar refractivity (Wildman–Crippen MR) is 78.8 cm³/mol. The summed E-state index contributed by atoms with van der Waals surface area (Å²) < 4.78 is 13.0. The molecular weight excluding hydrogens is 295 g/mol. The first-order valence-electron chi connectivity index (χ1n) is 6.38. The summed E-state index contributed by atoms with van der Waals surface area (Å²) in [5.41, 5.74) is 0.909. The summed E-state index contributed by atoms with van der Waals surface area (Å²) in [6, 6.07) is 4.29. The lowest BCUT2D eigenvalue weighted by molar-refractivity contribution is 0.0945. The molecule has 1 amide bonds. The van der Waals surface area contributed by atoms with Gasteiger partial charge in [0.1, 0.15) is 17.3 Å². The van der Waals surface area contributed by atoms with Gasteiger partial charge in [0, 0.05) is 13.1 Å². The van der Waals surface area contributed by atoms with Gasteiger partial charge in [-0.25, -0.2) is 9.37 Å². The fraction of sp³-hybridized carbons (Fsp3) is 0.214. The molecule has 1 aromatic carbocycles. The molecule has 0 saturated heterocycles. The number of hydrogen-bond donors (Lipinski definition) is 2. The molecule has 1 heterocycles. The molecule has 0 atom stereocenters. The van der Waals surface area contributed by atoms with Crippen LogP contribution in [0.25, 0.3) is 0 Å². The molecule has 5 nitrogen and oxygen atoms in total. The van der Waals surface area contributed by atoms with Gasteiger partial charge in [-0.1, -0.05) is 17.7 Å². The molecule has 0 aliphatic rings. The van der Waals surface area contributed by atoms with Crippen LogP contribution in [0.3, 0.4) is 0 Å². The van der Waals surface area contributed by atoms with Crippen LogP contribution in [0.2, 0.25) is 5.02 Å². The molecule has 110 valence electrons. The topological polar surface area (TPSA) is 66.9 Å². The number of nitrogens with one attached hydrogen (secondary N) is 2. The van der Waals surface area contributed by atoms with E-state index < -0.39 is 5.82 Å². The number of hydrogen-bond acceptors (Lipinski definition) is 4. The van der Waals surface area contributed by atoms with E-state index in [4.69, 9.17) is 11.6 Å². The Labute approximate surface area is 126 Å². The predicted octanol–water partition coefficient (Wildman–Crippen LogP) is 2.63. The Hall–Kier alpha value is -2.21. The second-order valence-electron chi connectivity index (χ2n) is 4.25. The second-order valence-corrected chi connectivity index (χ2v) is 4.66. The van der Waals surface area contributed by atoms with Crippen LogP contribution < -0.4 is 10.6 Å². The number of rotatable bonds is 5. The monoisotopic (exact) mass is 308 g/mol. The summed E-state index contributed by atoms with van der Waals surface area (Å²) >= 11 is 5.68. The first-order valence-corrected chi connectivity index (χ1v) is 6.76. The number of benzene rings is 1. The van der Waals surface area contributed by atoms with Gasteiger partial charge in [0.25, 0.3) is 5.91 Å². The van der Waals surface area contributed by atoms with E-state index in [2.05, 4.69) is 20.6 Å². The van der Waals surface area contributed by atoms with Gasteiger partial charge in [-0.15, -0.1) is 0 Å². The van der Waals surface area contributed by atoms with Crippen molar-refractivity contribution >= 4 is 23.3 Å². The Morgan fingerprint density at radius 3 is 2.90 bits per heavy atom. The van der Waals surface area contributed by atoms with E-state index in [1.165, 1.54) is 18.3 Å². The standard InChI is InChI=1S/C14H14ClFN4O/c1-2-18-13-8-17-7-12(20-13)14(21)19-6-9-3-4-11(16)10(15)5-9/h3-5,7-8H,2,6H2,1H3,(H,18,20)(H,19,21). The highest BCUT2D eigenvalue weighted by molar-refractivity contribution is 6.30. The highest BCUT2D eigenvalue weighted by Gasteiger charge is 2.09. The van der Waals surface area contributed by atoms with E-state index in [-0.39, 0.29) is 23.2 Å². The average Bonchev–Trinajstić information content (AvgIpc) is 2.49. The number of carbonyl (C=O) groups excluding carboxylic acids is 1. The quantitative estimate of drug-likeness (QED) is 0.891. The van der Waals surface area contributed by atoms with Crippen LogP contribution in [-0.2, 0) is 6.54 Å². The van der Waals surface area contributed by atoms with Gasteiger partial charge < -0.3 is 10.6 Å². The van der Waals surface area contributed by atoms with Gasteiger partial charge in [0.05, 0.1) is 17.4 Å². The fourth-order valence-electron chi connectivity index (χ4n) is 1.66. The lowest BCUT2D eigenvalue weighted by atomic mass is 10.2. The van der Waals surface area contributed by atoms with Crippen LogP contribution >= 0.6 is 11.6 Å². The Morgan fingerprint density at radius 2 is 2.19 bits per heavy atom. The van der Waals surface area contributed by atoms with E-state index in [1.54, 1.807) is 12.3 Å². The zero-order chi connectivity index (χ0) is 15.2. The van der Waals surface area contributed by atoms with Gasteiger partial charge in [-0.3, -0.25) is 9.78 Å². The molecule has 2 aromatic rings. The third-order valence-corrected chi connectivity index (χ3v) is 2.95. The van der Waals surface area contributed by atoms with Crippen molar-refractivity contribution in [1.82, 2.24) is 15.3 Å². The van der Waals surface area contributed by atoms with Gasteiger partial charge in [-0.2, -0.15) is 0 Å². The van der Waals surface area contributed by atoms with E-state index in [9.17, 15) is 9.18 Å². The molecule has 2 rings (SSSR count). The molecule has 0 fully saturated rings. The largest absolute Gasteiger partial charge is 0.369 e. The van der Waals surface area contributed by atoms with Crippen molar-refractivity contribution in [3.05, 3.63) is 52.7 Å². The third-order valence-electron chi connectivity index (χ3n) is 2.66. The van der Waals surface area contributed by atoms with Crippen molar-refractivity contribution in [2.24, 2.45) is 0 Å². The molecule has 0 saturated carbocycles. The van der Waals surface area contributed by atoms with Crippen LogP contribution in [0.4, 0.5) is 10.2 Å². The molecular formula is C14H14ClFN4O. The summed E-state index contributed by atoms with van der Waals surface area (Å²) in [6.07, 6.45) is 2.92. The molecule has 1 aromatic heterocycles. The summed E-state index contributed by atoms with van der Waals surface area (Å²) in [7, 11) is 0. The third kappa shape index (κ3) is 4.13. The zero-order valence-electron chi connectivity index (χ0n) is 11.4. The average molecular weight is 309 g/mol. The van der Waals surface area contributed by atoms with Crippen LogP contribution in [0.15, 0.2) is 30.6 Å². The second kappa shape index (κ2) is 6.99. The molecule has 7 heteroatoms. The molecule has 0 aliphatic carbocycles. The highest BCUT2D eigenvalue weighted by atomic mass is 35.5. The Balaban J connectivity index is 2.01. The van der Waals surface area contributed by atoms with E-state index in [1.807, 2.05) is 6.92 Å². The maximum absolute atomic E-state index is 13.0. The SMILES string of the molecule is CCNc1cncc(C(=O)NCc2ccc(F)c(Cl)c2)n1. The fourth-order valence-corrected chi connectivity index (χ4v) is 1.87. The molecule has 0 aliphatic heterocycles. The lowest BCUT2D eigenvalue weighted by Gasteiger charge is -2.07. The van der Waals surface area contributed by atoms with Gasteiger partial charge in [-0.05, 0) is 24.6 Å². The minimum atomic E-state index is -0.490. The van der Waals surface area contributed by atoms with E-state index in [0.717, 1.165) is 0 Å². The van der Waals surface area contributed by atoms with Crippen molar-refractivity contribution < 1.29 is 9.18 Å². The summed E-state index contributed by atoms with van der Waals surface area (Å²) in [5, 5.41) is 5.68. The molecule has 0 radical (unpaired) electrons. The van der Waals surface area contributed by atoms with Gasteiger partial charge in [0.15, 0.2) is 0 Å². The smallest absolute Gasteiger partial charge is 0.271 e. The minimum absolute atomic E-state index is 0.0238. The van der Waals surface area contributed by atoms with Crippen molar-refractivity contribution in [2.45, 2.75) is 13.5 Å². The Bertz CT molecular complexity index is 651. The van der Waals surface area contributed by atoms with Crippen molar-refractivity contribution in [3.8, 4) is 0 Å². The van der Waals surface area contributed by atoms with E-state index >= 15 is 0 Å². The Morgan fingerprint density at radius 1 is 1.38 bits per heavy atom. The number of nitrogens with zero attached hydrogens (tertiary/aromatic N) is 2. The number of amides is 1. The zero-order valence-corrected chi connectivity index (χ0v) is 12.1. The number of halogens is 2. The number of anilines is 1. The molecule has 0 bridgehead atoms. The Kier molecular flexibility index (Phi) is 5.05. The number of carbonyl (C=O) groups is 1. The van der Waals surface area contributed by atoms with Crippen LogP contribution in [-0.4, -0.2) is 22.4 Å². The molecule has 0 spiro atoms.